The number of nitrogens with zero attached hydrogens (tertiary/aromatic N) is 5. The summed E-state index contributed by atoms with van der Waals surface area (Å²) in [5.74, 6) is 1.59. The van der Waals surface area contributed by atoms with Crippen LogP contribution < -0.4 is 0 Å². The first-order chi connectivity index (χ1) is 13.7. The van der Waals surface area contributed by atoms with Gasteiger partial charge in [-0.2, -0.15) is 10.1 Å². The minimum atomic E-state index is -0.0120. The van der Waals surface area contributed by atoms with Crippen molar-refractivity contribution in [2.45, 2.75) is 57.8 Å². The van der Waals surface area contributed by atoms with Crippen LogP contribution in [0.15, 0.2) is 16.8 Å². The Hall–Kier alpha value is -2.26. The molecular formula is C19H27N5O4. The molecule has 2 aromatic rings. The molecule has 0 bridgehead atoms. The van der Waals surface area contributed by atoms with Crippen molar-refractivity contribution in [1.82, 2.24) is 24.8 Å². The molecule has 2 aliphatic heterocycles. The molecule has 0 N–H and O–H groups in total. The van der Waals surface area contributed by atoms with Gasteiger partial charge in [0.2, 0.25) is 11.8 Å². The number of likely N-dealkylation sites (tertiary alicyclic amines) is 1. The second-order valence-corrected chi connectivity index (χ2v) is 7.51. The van der Waals surface area contributed by atoms with Crippen molar-refractivity contribution in [3.05, 3.63) is 29.7 Å². The van der Waals surface area contributed by atoms with Gasteiger partial charge in [-0.1, -0.05) is 5.16 Å². The topological polar surface area (TPSA) is 95.5 Å². The van der Waals surface area contributed by atoms with E-state index in [2.05, 4.69) is 15.2 Å². The zero-order valence-corrected chi connectivity index (χ0v) is 16.2. The van der Waals surface area contributed by atoms with Crippen LogP contribution in [0.25, 0.3) is 0 Å². The predicted octanol–water partition coefficient (Wildman–Crippen LogP) is 1.68. The Kier molecular flexibility index (Phi) is 6.01. The number of carbonyl (C=O) groups excluding carboxylic acids is 1. The zero-order chi connectivity index (χ0) is 19.3. The van der Waals surface area contributed by atoms with E-state index in [9.17, 15) is 4.79 Å². The third kappa shape index (κ3) is 4.77. The summed E-state index contributed by atoms with van der Waals surface area (Å²) in [6.45, 7) is 5.30. The van der Waals surface area contributed by atoms with Gasteiger partial charge in [-0.15, -0.1) is 0 Å². The van der Waals surface area contributed by atoms with E-state index in [4.69, 9.17) is 14.0 Å². The van der Waals surface area contributed by atoms with Gasteiger partial charge in [0.15, 0.2) is 5.82 Å². The second-order valence-electron chi connectivity index (χ2n) is 7.51. The van der Waals surface area contributed by atoms with Gasteiger partial charge >= 0.3 is 0 Å². The third-order valence-corrected chi connectivity index (χ3v) is 5.30. The molecule has 9 heteroatoms. The van der Waals surface area contributed by atoms with E-state index in [0.29, 0.717) is 24.9 Å². The lowest BCUT2D eigenvalue weighted by molar-refractivity contribution is -0.136. The number of piperidine rings is 1. The van der Waals surface area contributed by atoms with Gasteiger partial charge in [0.05, 0.1) is 11.8 Å². The summed E-state index contributed by atoms with van der Waals surface area (Å²) < 4.78 is 18.4. The average molecular weight is 389 g/mol. The Balaban J connectivity index is 1.26. The van der Waals surface area contributed by atoms with E-state index in [1.54, 1.807) is 4.68 Å². The number of ether oxygens (including phenoxy) is 2. The highest BCUT2D eigenvalue weighted by Gasteiger charge is 2.26. The highest BCUT2D eigenvalue weighted by atomic mass is 16.5. The van der Waals surface area contributed by atoms with E-state index in [1.165, 1.54) is 0 Å². The Morgan fingerprint density at radius 3 is 2.96 bits per heavy atom. The van der Waals surface area contributed by atoms with Crippen LogP contribution in [0.1, 0.15) is 49.0 Å². The molecule has 152 valence electrons. The van der Waals surface area contributed by atoms with Gasteiger partial charge in [0.1, 0.15) is 13.2 Å². The normalized spacial score (nSPS) is 21.2. The minimum absolute atomic E-state index is 0.0120. The fourth-order valence-corrected chi connectivity index (χ4v) is 3.72. The van der Waals surface area contributed by atoms with Crippen molar-refractivity contribution in [3.63, 3.8) is 0 Å². The van der Waals surface area contributed by atoms with Crippen molar-refractivity contribution >= 4 is 5.91 Å². The van der Waals surface area contributed by atoms with Gasteiger partial charge < -0.3 is 18.9 Å². The molecule has 0 saturated carbocycles. The quantitative estimate of drug-likeness (QED) is 0.742. The van der Waals surface area contributed by atoms with E-state index in [-0.39, 0.29) is 24.5 Å². The lowest BCUT2D eigenvalue weighted by atomic mass is 10.0. The molecule has 2 aliphatic rings. The Labute approximate surface area is 164 Å². The van der Waals surface area contributed by atoms with E-state index >= 15 is 0 Å². The van der Waals surface area contributed by atoms with Gasteiger partial charge in [-0.3, -0.25) is 9.48 Å². The third-order valence-electron chi connectivity index (χ3n) is 5.30. The highest BCUT2D eigenvalue weighted by molar-refractivity contribution is 5.76. The number of hydrogen-bond acceptors (Lipinski definition) is 7. The summed E-state index contributed by atoms with van der Waals surface area (Å²) in [7, 11) is 0. The molecule has 2 aromatic heterocycles. The maximum atomic E-state index is 12.5. The van der Waals surface area contributed by atoms with Crippen LogP contribution in [-0.2, 0) is 27.4 Å². The molecule has 0 aliphatic carbocycles. The SMILES string of the molecule is Cc1ccn(CC(=O)N2CCCC(OCc3noc(C4CCOCC4)n3)C2)n1. The highest BCUT2D eigenvalue weighted by Crippen LogP contribution is 2.25. The molecule has 0 spiro atoms. The number of aryl methyl sites for hydroxylation is 1. The van der Waals surface area contributed by atoms with Gasteiger partial charge in [-0.05, 0) is 38.7 Å². The molecule has 0 aromatic carbocycles. The summed E-state index contributed by atoms with van der Waals surface area (Å²) >= 11 is 0. The lowest BCUT2D eigenvalue weighted by Crippen LogP contribution is -2.44. The van der Waals surface area contributed by atoms with Crippen LogP contribution in [-0.4, -0.2) is 63.1 Å². The molecule has 0 radical (unpaired) electrons. The second kappa shape index (κ2) is 8.83. The first-order valence-electron chi connectivity index (χ1n) is 9.97. The Morgan fingerprint density at radius 2 is 2.18 bits per heavy atom. The molecule has 1 atom stereocenters. The smallest absolute Gasteiger partial charge is 0.244 e. The molecule has 9 nitrogen and oxygen atoms in total. The number of hydrogen-bond donors (Lipinski definition) is 0. The van der Waals surface area contributed by atoms with Crippen molar-refractivity contribution < 1.29 is 18.8 Å². The fourth-order valence-electron chi connectivity index (χ4n) is 3.72. The van der Waals surface area contributed by atoms with Crippen molar-refractivity contribution in [2.75, 3.05) is 26.3 Å². The molecule has 2 saturated heterocycles. The molecule has 2 fully saturated rings. The number of rotatable bonds is 6. The Morgan fingerprint density at radius 1 is 1.32 bits per heavy atom. The van der Waals surface area contributed by atoms with Crippen LogP contribution in [0.5, 0.6) is 0 Å². The van der Waals surface area contributed by atoms with Crippen LogP contribution in [0.3, 0.4) is 0 Å². The molecule has 4 heterocycles. The number of carbonyl (C=O) groups is 1. The van der Waals surface area contributed by atoms with E-state index in [0.717, 1.165) is 51.1 Å². The lowest BCUT2D eigenvalue weighted by Gasteiger charge is -2.32. The standard InChI is InChI=1S/C19H27N5O4/c1-14-4-8-24(21-14)12-18(25)23-7-2-3-16(11-23)27-13-17-20-19(28-22-17)15-5-9-26-10-6-15/h4,8,15-16H,2-3,5-7,9-13H2,1H3. The summed E-state index contributed by atoms with van der Waals surface area (Å²) in [6.07, 6.45) is 5.50. The zero-order valence-electron chi connectivity index (χ0n) is 16.2. The predicted molar refractivity (Wildman–Crippen MR) is 98.4 cm³/mol. The molecule has 28 heavy (non-hydrogen) atoms. The van der Waals surface area contributed by atoms with Gasteiger partial charge in [0, 0.05) is 38.4 Å². The first-order valence-corrected chi connectivity index (χ1v) is 9.97. The maximum absolute atomic E-state index is 12.5. The number of amides is 1. The van der Waals surface area contributed by atoms with Crippen molar-refractivity contribution in [2.24, 2.45) is 0 Å². The minimum Gasteiger partial charge on any atom is -0.381 e. The summed E-state index contributed by atoms with van der Waals surface area (Å²) in [5.41, 5.74) is 0.910. The number of aromatic nitrogens is 4. The molecule has 4 rings (SSSR count). The van der Waals surface area contributed by atoms with Crippen LogP contribution >= 0.6 is 0 Å². The summed E-state index contributed by atoms with van der Waals surface area (Å²) in [4.78, 5) is 18.9. The largest absolute Gasteiger partial charge is 0.381 e. The van der Waals surface area contributed by atoms with Crippen molar-refractivity contribution in [3.8, 4) is 0 Å². The monoisotopic (exact) mass is 389 g/mol. The van der Waals surface area contributed by atoms with Crippen molar-refractivity contribution in [1.29, 1.82) is 0 Å². The summed E-state index contributed by atoms with van der Waals surface area (Å²) in [6, 6.07) is 1.90. The van der Waals surface area contributed by atoms with E-state index < -0.39 is 0 Å². The molecule has 1 unspecified atom stereocenters. The maximum Gasteiger partial charge on any atom is 0.244 e. The first kappa shape index (κ1) is 19.1. The summed E-state index contributed by atoms with van der Waals surface area (Å²) in [5, 5.41) is 8.33. The fraction of sp³-hybridized carbons (Fsp3) is 0.684. The van der Waals surface area contributed by atoms with Crippen LogP contribution in [0, 0.1) is 6.92 Å². The average Bonchev–Trinajstić information content (AvgIpc) is 3.36. The molecular weight excluding hydrogens is 362 g/mol. The van der Waals surface area contributed by atoms with Gasteiger partial charge in [-0.25, -0.2) is 0 Å². The van der Waals surface area contributed by atoms with Crippen LogP contribution in [0.2, 0.25) is 0 Å². The molecule has 1 amide bonds. The van der Waals surface area contributed by atoms with Crippen LogP contribution in [0.4, 0.5) is 0 Å². The van der Waals surface area contributed by atoms with Gasteiger partial charge in [0.25, 0.3) is 0 Å². The Bertz CT molecular complexity index is 783. The van der Waals surface area contributed by atoms with E-state index in [1.807, 2.05) is 24.1 Å².